The summed E-state index contributed by atoms with van der Waals surface area (Å²) in [7, 11) is 0. The van der Waals surface area contributed by atoms with Crippen LogP contribution in [0.4, 0.5) is 5.69 Å². The van der Waals surface area contributed by atoms with Gasteiger partial charge in [-0.15, -0.1) is 0 Å². The van der Waals surface area contributed by atoms with E-state index in [-0.39, 0.29) is 11.7 Å². The maximum Gasteiger partial charge on any atom is 0.266 e. The quantitative estimate of drug-likeness (QED) is 0.576. The summed E-state index contributed by atoms with van der Waals surface area (Å²) < 4.78 is 5.73. The number of hydrogen-bond donors (Lipinski definition) is 1. The number of ether oxygens (including phenoxy) is 1. The number of nitrogens with zero attached hydrogens (tertiary/aromatic N) is 1. The molecular weight excluding hydrogens is 348 g/mol. The molecule has 1 N–H and O–H groups in total. The van der Waals surface area contributed by atoms with Crippen LogP contribution in [0.1, 0.15) is 30.5 Å². The highest BCUT2D eigenvalue weighted by atomic mass is 35.5. The summed E-state index contributed by atoms with van der Waals surface area (Å²) in [5, 5.41) is 12.7. The molecule has 0 bridgehead atoms. The zero-order valence-corrected chi connectivity index (χ0v) is 16.0. The molecule has 0 fully saturated rings. The van der Waals surface area contributed by atoms with E-state index in [4.69, 9.17) is 16.3 Å². The summed E-state index contributed by atoms with van der Waals surface area (Å²) in [6, 6.07) is 12.8. The van der Waals surface area contributed by atoms with Gasteiger partial charge in [-0.2, -0.15) is 5.26 Å². The van der Waals surface area contributed by atoms with Crippen LogP contribution in [0.25, 0.3) is 6.08 Å². The number of benzene rings is 2. The van der Waals surface area contributed by atoms with Gasteiger partial charge in [-0.3, -0.25) is 4.79 Å². The van der Waals surface area contributed by atoms with Crippen LogP contribution in [0.15, 0.2) is 42.0 Å². The lowest BCUT2D eigenvalue weighted by Gasteiger charge is -2.13. The van der Waals surface area contributed by atoms with Crippen LogP contribution in [0.5, 0.6) is 5.75 Å². The third kappa shape index (κ3) is 5.11. The molecule has 0 radical (unpaired) electrons. The smallest absolute Gasteiger partial charge is 0.266 e. The molecule has 0 aliphatic rings. The fourth-order valence-corrected chi connectivity index (χ4v) is 2.62. The van der Waals surface area contributed by atoms with Crippen molar-refractivity contribution in [1.29, 1.82) is 5.26 Å². The van der Waals surface area contributed by atoms with Gasteiger partial charge in [0.25, 0.3) is 5.91 Å². The van der Waals surface area contributed by atoms with E-state index < -0.39 is 5.91 Å². The lowest BCUT2D eigenvalue weighted by atomic mass is 10.1. The standard InChI is InChI=1S/C21H21ClN2O2/c1-13(2)26-20-8-6-18(22)11-16(20)10-17(12-23)21(25)24-19-7-5-14(3)9-15(19)4/h5-11,13H,1-4H3,(H,24,25)/b17-10+. The fourth-order valence-electron chi connectivity index (χ4n) is 2.44. The first-order valence-corrected chi connectivity index (χ1v) is 8.64. The van der Waals surface area contributed by atoms with E-state index in [1.54, 1.807) is 18.2 Å². The number of aryl methyl sites for hydroxylation is 2. The highest BCUT2D eigenvalue weighted by molar-refractivity contribution is 6.30. The maximum atomic E-state index is 12.5. The van der Waals surface area contributed by atoms with E-state index >= 15 is 0 Å². The fraction of sp³-hybridized carbons (Fsp3) is 0.238. The first kappa shape index (κ1) is 19.6. The Labute approximate surface area is 159 Å². The SMILES string of the molecule is Cc1ccc(NC(=O)/C(C#N)=C/c2cc(Cl)ccc2OC(C)C)c(C)c1. The van der Waals surface area contributed by atoms with E-state index in [1.807, 2.05) is 52.0 Å². The summed E-state index contributed by atoms with van der Waals surface area (Å²) >= 11 is 6.06. The second kappa shape index (κ2) is 8.55. The number of anilines is 1. The van der Waals surface area contributed by atoms with Gasteiger partial charge in [-0.05, 0) is 63.6 Å². The Morgan fingerprint density at radius 1 is 1.23 bits per heavy atom. The average Bonchev–Trinajstić information content (AvgIpc) is 2.57. The number of halogens is 1. The Bertz CT molecular complexity index is 895. The molecule has 1 amide bonds. The van der Waals surface area contributed by atoms with Crippen LogP contribution in [0.2, 0.25) is 5.02 Å². The lowest BCUT2D eigenvalue weighted by molar-refractivity contribution is -0.112. The van der Waals surface area contributed by atoms with Crippen molar-refractivity contribution in [3.63, 3.8) is 0 Å². The summed E-state index contributed by atoms with van der Waals surface area (Å²) in [5.74, 6) is 0.0893. The van der Waals surface area contributed by atoms with Crippen molar-refractivity contribution < 1.29 is 9.53 Å². The monoisotopic (exact) mass is 368 g/mol. The van der Waals surface area contributed by atoms with E-state index in [2.05, 4.69) is 5.32 Å². The molecule has 5 heteroatoms. The molecule has 0 aliphatic carbocycles. The predicted octanol–water partition coefficient (Wildman–Crippen LogP) is 5.29. The second-order valence-electron chi connectivity index (χ2n) is 6.29. The average molecular weight is 369 g/mol. The molecule has 0 aliphatic heterocycles. The normalized spacial score (nSPS) is 11.2. The van der Waals surface area contributed by atoms with Gasteiger partial charge < -0.3 is 10.1 Å². The summed E-state index contributed by atoms with van der Waals surface area (Å²) in [6.45, 7) is 7.69. The number of carbonyl (C=O) groups excluding carboxylic acids is 1. The highest BCUT2D eigenvalue weighted by Gasteiger charge is 2.13. The number of hydrogen-bond acceptors (Lipinski definition) is 3. The molecule has 26 heavy (non-hydrogen) atoms. The highest BCUT2D eigenvalue weighted by Crippen LogP contribution is 2.26. The minimum atomic E-state index is -0.477. The number of carbonyl (C=O) groups is 1. The van der Waals surface area contributed by atoms with Crippen molar-refractivity contribution in [2.24, 2.45) is 0 Å². The molecule has 2 aromatic carbocycles. The van der Waals surface area contributed by atoms with Crippen LogP contribution in [-0.4, -0.2) is 12.0 Å². The Kier molecular flexibility index (Phi) is 6.43. The van der Waals surface area contributed by atoms with E-state index in [1.165, 1.54) is 6.08 Å². The van der Waals surface area contributed by atoms with Gasteiger partial charge in [0.2, 0.25) is 0 Å². The maximum absolute atomic E-state index is 12.5. The molecule has 0 atom stereocenters. The Morgan fingerprint density at radius 2 is 1.96 bits per heavy atom. The van der Waals surface area contributed by atoms with Gasteiger partial charge in [0.1, 0.15) is 17.4 Å². The van der Waals surface area contributed by atoms with Gasteiger partial charge in [0.15, 0.2) is 0 Å². The minimum absolute atomic E-state index is 0.0270. The lowest BCUT2D eigenvalue weighted by Crippen LogP contribution is -2.14. The van der Waals surface area contributed by atoms with Gasteiger partial charge in [-0.25, -0.2) is 0 Å². The van der Waals surface area contributed by atoms with E-state index in [0.29, 0.717) is 22.0 Å². The largest absolute Gasteiger partial charge is 0.490 e. The van der Waals surface area contributed by atoms with Crippen molar-refractivity contribution in [2.45, 2.75) is 33.8 Å². The molecule has 0 saturated heterocycles. The van der Waals surface area contributed by atoms with Crippen molar-refractivity contribution in [1.82, 2.24) is 0 Å². The van der Waals surface area contributed by atoms with Crippen molar-refractivity contribution >= 4 is 29.3 Å². The number of amides is 1. The third-order valence-corrected chi connectivity index (χ3v) is 3.86. The van der Waals surface area contributed by atoms with Gasteiger partial charge >= 0.3 is 0 Å². The molecule has 134 valence electrons. The number of nitriles is 1. The van der Waals surface area contributed by atoms with Crippen molar-refractivity contribution in [3.05, 3.63) is 63.7 Å². The van der Waals surface area contributed by atoms with Crippen LogP contribution in [-0.2, 0) is 4.79 Å². The zero-order chi connectivity index (χ0) is 19.3. The zero-order valence-electron chi connectivity index (χ0n) is 15.3. The topological polar surface area (TPSA) is 62.1 Å². The molecule has 2 aromatic rings. The van der Waals surface area contributed by atoms with E-state index in [0.717, 1.165) is 11.1 Å². The van der Waals surface area contributed by atoms with Gasteiger partial charge in [0.05, 0.1) is 6.10 Å². The molecular formula is C21H21ClN2O2. The number of rotatable bonds is 5. The second-order valence-corrected chi connectivity index (χ2v) is 6.73. The molecule has 0 saturated carbocycles. The Morgan fingerprint density at radius 3 is 2.58 bits per heavy atom. The van der Waals surface area contributed by atoms with Gasteiger partial charge in [-0.1, -0.05) is 29.3 Å². The van der Waals surface area contributed by atoms with Crippen LogP contribution in [0, 0.1) is 25.2 Å². The van der Waals surface area contributed by atoms with Crippen LogP contribution < -0.4 is 10.1 Å². The molecule has 0 unspecified atom stereocenters. The minimum Gasteiger partial charge on any atom is -0.490 e. The van der Waals surface area contributed by atoms with Crippen molar-refractivity contribution in [2.75, 3.05) is 5.32 Å². The van der Waals surface area contributed by atoms with Crippen molar-refractivity contribution in [3.8, 4) is 11.8 Å². The molecule has 0 aromatic heterocycles. The Hall–Kier alpha value is -2.77. The number of nitrogens with one attached hydrogen (secondary N) is 1. The summed E-state index contributed by atoms with van der Waals surface area (Å²) in [5.41, 5.74) is 3.26. The van der Waals surface area contributed by atoms with Crippen LogP contribution in [0.3, 0.4) is 0 Å². The molecule has 0 heterocycles. The molecule has 0 spiro atoms. The first-order chi connectivity index (χ1) is 12.3. The third-order valence-electron chi connectivity index (χ3n) is 3.63. The first-order valence-electron chi connectivity index (χ1n) is 8.26. The Balaban J connectivity index is 2.34. The molecule has 4 nitrogen and oxygen atoms in total. The molecule has 2 rings (SSSR count). The predicted molar refractivity (Wildman–Crippen MR) is 105 cm³/mol. The van der Waals surface area contributed by atoms with Gasteiger partial charge in [0, 0.05) is 16.3 Å². The van der Waals surface area contributed by atoms with E-state index in [9.17, 15) is 10.1 Å². The van der Waals surface area contributed by atoms with Crippen LogP contribution >= 0.6 is 11.6 Å². The summed E-state index contributed by atoms with van der Waals surface area (Å²) in [6.07, 6.45) is 1.44. The summed E-state index contributed by atoms with van der Waals surface area (Å²) in [4.78, 5) is 12.5.